The SMILES string of the molecule is Cc1cccc([C@]2(O)CCC(C)(C)C2)c1. The monoisotopic (exact) mass is 204 g/mol. The molecule has 0 aliphatic heterocycles. The molecule has 1 aliphatic carbocycles. The maximum atomic E-state index is 10.6. The van der Waals surface area contributed by atoms with Crippen LogP contribution in [0.5, 0.6) is 0 Å². The minimum Gasteiger partial charge on any atom is -0.385 e. The van der Waals surface area contributed by atoms with Gasteiger partial charge in [0.25, 0.3) is 0 Å². The fraction of sp³-hybridized carbons (Fsp3) is 0.571. The molecule has 1 N–H and O–H groups in total. The number of hydrogen-bond acceptors (Lipinski definition) is 1. The lowest BCUT2D eigenvalue weighted by Gasteiger charge is -2.26. The van der Waals surface area contributed by atoms with Gasteiger partial charge in [0, 0.05) is 0 Å². The Morgan fingerprint density at radius 3 is 2.47 bits per heavy atom. The smallest absolute Gasteiger partial charge is 0.0902 e. The second kappa shape index (κ2) is 3.34. The van der Waals surface area contributed by atoms with E-state index in [1.165, 1.54) is 5.56 Å². The molecular formula is C14H20O. The van der Waals surface area contributed by atoms with Crippen LogP contribution in [0.2, 0.25) is 0 Å². The molecule has 15 heavy (non-hydrogen) atoms. The van der Waals surface area contributed by atoms with Gasteiger partial charge in [-0.2, -0.15) is 0 Å². The van der Waals surface area contributed by atoms with Crippen molar-refractivity contribution in [1.82, 2.24) is 0 Å². The summed E-state index contributed by atoms with van der Waals surface area (Å²) in [5.41, 5.74) is 2.01. The maximum Gasteiger partial charge on any atom is 0.0902 e. The molecule has 0 amide bonds. The Kier molecular flexibility index (Phi) is 2.38. The average Bonchev–Trinajstić information content (AvgIpc) is 2.42. The molecule has 1 aromatic rings. The van der Waals surface area contributed by atoms with E-state index >= 15 is 0 Å². The zero-order valence-electron chi connectivity index (χ0n) is 9.88. The van der Waals surface area contributed by atoms with Crippen molar-refractivity contribution in [2.45, 2.75) is 45.6 Å². The zero-order chi connectivity index (χ0) is 11.1. The highest BCUT2D eigenvalue weighted by Crippen LogP contribution is 2.48. The molecule has 0 aromatic heterocycles. The molecule has 2 rings (SSSR count). The van der Waals surface area contributed by atoms with Gasteiger partial charge < -0.3 is 5.11 Å². The lowest BCUT2D eigenvalue weighted by Crippen LogP contribution is -2.23. The van der Waals surface area contributed by atoms with Crippen LogP contribution in [0.3, 0.4) is 0 Å². The third-order valence-corrected chi connectivity index (χ3v) is 3.54. The van der Waals surface area contributed by atoms with Gasteiger partial charge in [0.2, 0.25) is 0 Å². The van der Waals surface area contributed by atoms with Crippen molar-refractivity contribution >= 4 is 0 Å². The summed E-state index contributed by atoms with van der Waals surface area (Å²) in [5, 5.41) is 10.6. The van der Waals surface area contributed by atoms with Crippen LogP contribution in [0.4, 0.5) is 0 Å². The quantitative estimate of drug-likeness (QED) is 0.743. The Bertz CT molecular complexity index is 367. The number of benzene rings is 1. The largest absolute Gasteiger partial charge is 0.385 e. The summed E-state index contributed by atoms with van der Waals surface area (Å²) in [5.74, 6) is 0. The predicted molar refractivity (Wildman–Crippen MR) is 62.7 cm³/mol. The second-order valence-electron chi connectivity index (χ2n) is 5.74. The Hall–Kier alpha value is -0.820. The number of aliphatic hydroxyl groups is 1. The molecule has 0 unspecified atom stereocenters. The van der Waals surface area contributed by atoms with Crippen LogP contribution in [0.15, 0.2) is 24.3 Å². The molecule has 1 heteroatoms. The third kappa shape index (κ3) is 2.07. The van der Waals surface area contributed by atoms with Crippen molar-refractivity contribution in [3.05, 3.63) is 35.4 Å². The highest BCUT2D eigenvalue weighted by Gasteiger charge is 2.42. The summed E-state index contributed by atoms with van der Waals surface area (Å²) >= 11 is 0. The Morgan fingerprint density at radius 1 is 1.20 bits per heavy atom. The molecule has 1 saturated carbocycles. The van der Waals surface area contributed by atoms with Crippen molar-refractivity contribution in [2.75, 3.05) is 0 Å². The van der Waals surface area contributed by atoms with Gasteiger partial charge >= 0.3 is 0 Å². The summed E-state index contributed by atoms with van der Waals surface area (Å²) in [6.45, 7) is 6.55. The van der Waals surface area contributed by atoms with E-state index in [9.17, 15) is 5.11 Å². The molecule has 1 fully saturated rings. The van der Waals surface area contributed by atoms with Gasteiger partial charge in [0.15, 0.2) is 0 Å². The first-order valence-corrected chi connectivity index (χ1v) is 5.71. The Balaban J connectivity index is 2.31. The fourth-order valence-electron chi connectivity index (χ4n) is 2.69. The molecule has 1 atom stereocenters. The molecule has 1 aliphatic rings. The van der Waals surface area contributed by atoms with Crippen molar-refractivity contribution < 1.29 is 5.11 Å². The van der Waals surface area contributed by atoms with E-state index in [2.05, 4.69) is 39.0 Å². The van der Waals surface area contributed by atoms with Crippen LogP contribution in [0, 0.1) is 12.3 Å². The van der Waals surface area contributed by atoms with E-state index in [0.717, 1.165) is 24.8 Å². The molecule has 0 radical (unpaired) electrons. The summed E-state index contributed by atoms with van der Waals surface area (Å²) in [7, 11) is 0. The van der Waals surface area contributed by atoms with Crippen LogP contribution < -0.4 is 0 Å². The summed E-state index contributed by atoms with van der Waals surface area (Å²) in [6.07, 6.45) is 2.88. The molecule has 0 heterocycles. The van der Waals surface area contributed by atoms with Crippen LogP contribution in [-0.2, 0) is 5.60 Å². The van der Waals surface area contributed by atoms with Crippen LogP contribution >= 0.6 is 0 Å². The average molecular weight is 204 g/mol. The summed E-state index contributed by atoms with van der Waals surface area (Å²) in [6, 6.07) is 8.27. The molecule has 0 saturated heterocycles. The molecule has 1 aromatic carbocycles. The first kappa shape index (κ1) is 10.7. The van der Waals surface area contributed by atoms with Crippen molar-refractivity contribution in [3.8, 4) is 0 Å². The van der Waals surface area contributed by atoms with Gasteiger partial charge in [-0.1, -0.05) is 43.7 Å². The van der Waals surface area contributed by atoms with E-state index in [1.807, 2.05) is 6.07 Å². The minimum absolute atomic E-state index is 0.276. The van der Waals surface area contributed by atoms with Gasteiger partial charge in [-0.3, -0.25) is 0 Å². The van der Waals surface area contributed by atoms with E-state index < -0.39 is 5.60 Å². The number of hydrogen-bond donors (Lipinski definition) is 1. The normalized spacial score (nSPS) is 29.3. The number of aryl methyl sites for hydroxylation is 1. The first-order valence-electron chi connectivity index (χ1n) is 5.71. The topological polar surface area (TPSA) is 20.2 Å². The van der Waals surface area contributed by atoms with Crippen molar-refractivity contribution in [2.24, 2.45) is 5.41 Å². The van der Waals surface area contributed by atoms with Gasteiger partial charge in [-0.05, 0) is 37.2 Å². The predicted octanol–water partition coefficient (Wildman–Crippen LogP) is 3.39. The Morgan fingerprint density at radius 2 is 1.93 bits per heavy atom. The van der Waals surface area contributed by atoms with Gasteiger partial charge in [0.05, 0.1) is 5.60 Å². The molecule has 0 spiro atoms. The molecule has 82 valence electrons. The van der Waals surface area contributed by atoms with E-state index in [1.54, 1.807) is 0 Å². The molecular weight excluding hydrogens is 184 g/mol. The second-order valence-corrected chi connectivity index (χ2v) is 5.74. The van der Waals surface area contributed by atoms with Crippen LogP contribution in [-0.4, -0.2) is 5.11 Å². The highest BCUT2D eigenvalue weighted by molar-refractivity contribution is 5.28. The van der Waals surface area contributed by atoms with E-state index in [0.29, 0.717) is 0 Å². The van der Waals surface area contributed by atoms with Gasteiger partial charge in [0.1, 0.15) is 0 Å². The maximum absolute atomic E-state index is 10.6. The zero-order valence-corrected chi connectivity index (χ0v) is 9.88. The summed E-state index contributed by atoms with van der Waals surface area (Å²) in [4.78, 5) is 0. The first-order chi connectivity index (χ1) is 6.91. The van der Waals surface area contributed by atoms with Gasteiger partial charge in [-0.25, -0.2) is 0 Å². The summed E-state index contributed by atoms with van der Waals surface area (Å²) < 4.78 is 0. The van der Waals surface area contributed by atoms with Crippen molar-refractivity contribution in [3.63, 3.8) is 0 Å². The molecule has 1 nitrogen and oxygen atoms in total. The van der Waals surface area contributed by atoms with Crippen molar-refractivity contribution in [1.29, 1.82) is 0 Å². The standard InChI is InChI=1S/C14H20O/c1-11-5-4-6-12(9-11)14(15)8-7-13(2,3)10-14/h4-6,9,15H,7-8,10H2,1-3H3/t14-/m0/s1. The van der Waals surface area contributed by atoms with E-state index in [4.69, 9.17) is 0 Å². The molecule has 0 bridgehead atoms. The lowest BCUT2D eigenvalue weighted by atomic mass is 9.85. The Labute approximate surface area is 92.1 Å². The third-order valence-electron chi connectivity index (χ3n) is 3.54. The minimum atomic E-state index is -0.588. The number of rotatable bonds is 1. The lowest BCUT2D eigenvalue weighted by molar-refractivity contribution is 0.0338. The fourth-order valence-corrected chi connectivity index (χ4v) is 2.69. The van der Waals surface area contributed by atoms with Crippen LogP contribution in [0.1, 0.15) is 44.2 Å². The van der Waals surface area contributed by atoms with Crippen LogP contribution in [0.25, 0.3) is 0 Å². The van der Waals surface area contributed by atoms with E-state index in [-0.39, 0.29) is 5.41 Å². The van der Waals surface area contributed by atoms with Gasteiger partial charge in [-0.15, -0.1) is 0 Å². The highest BCUT2D eigenvalue weighted by atomic mass is 16.3.